The number of benzene rings is 2. The standard InChI is InChI=1S/C21H23N3O6S/c1-15-2-8-19(9-3-15)31(27,28)22-12-18-13-24(21(26)30-18)17-6-4-16(5-7-17)23-10-11-29-14-20(23)25/h2-9,18,22H,10-14H2,1H3/t18-/m0/s1. The highest BCUT2D eigenvalue weighted by molar-refractivity contribution is 7.89. The van der Waals surface area contributed by atoms with Crippen LogP contribution in [-0.4, -0.2) is 59.4 Å². The number of anilines is 2. The summed E-state index contributed by atoms with van der Waals surface area (Å²) in [5.74, 6) is -0.111. The van der Waals surface area contributed by atoms with Gasteiger partial charge in [0.1, 0.15) is 12.7 Å². The highest BCUT2D eigenvalue weighted by Crippen LogP contribution is 2.25. The number of rotatable bonds is 6. The summed E-state index contributed by atoms with van der Waals surface area (Å²) in [6.45, 7) is 3.07. The lowest BCUT2D eigenvalue weighted by Crippen LogP contribution is -2.41. The zero-order valence-electron chi connectivity index (χ0n) is 17.0. The first-order chi connectivity index (χ1) is 14.8. The molecule has 2 fully saturated rings. The third kappa shape index (κ3) is 4.71. The number of hydrogen-bond donors (Lipinski definition) is 1. The first-order valence-electron chi connectivity index (χ1n) is 9.86. The fourth-order valence-corrected chi connectivity index (χ4v) is 4.51. The molecule has 0 saturated carbocycles. The number of hydrogen-bond acceptors (Lipinski definition) is 6. The molecule has 1 atom stereocenters. The minimum Gasteiger partial charge on any atom is -0.443 e. The molecule has 2 heterocycles. The number of carbonyl (C=O) groups is 2. The number of nitrogens with one attached hydrogen (secondary N) is 1. The average Bonchev–Trinajstić information content (AvgIpc) is 3.14. The second-order valence-corrected chi connectivity index (χ2v) is 9.16. The highest BCUT2D eigenvalue weighted by atomic mass is 32.2. The molecule has 9 nitrogen and oxygen atoms in total. The van der Waals surface area contributed by atoms with E-state index in [9.17, 15) is 18.0 Å². The van der Waals surface area contributed by atoms with Crippen LogP contribution in [0.2, 0.25) is 0 Å². The average molecular weight is 445 g/mol. The van der Waals surface area contributed by atoms with Gasteiger partial charge < -0.3 is 14.4 Å². The summed E-state index contributed by atoms with van der Waals surface area (Å²) in [6.07, 6.45) is -1.16. The normalized spacial score (nSPS) is 19.6. The number of ether oxygens (including phenoxy) is 2. The Bertz CT molecular complexity index is 1070. The van der Waals surface area contributed by atoms with Crippen LogP contribution in [0.1, 0.15) is 5.56 Å². The molecule has 1 N–H and O–H groups in total. The summed E-state index contributed by atoms with van der Waals surface area (Å²) < 4.78 is 37.8. The van der Waals surface area contributed by atoms with E-state index in [1.165, 1.54) is 17.0 Å². The summed E-state index contributed by atoms with van der Waals surface area (Å²) in [6, 6.07) is 13.5. The molecule has 2 amide bonds. The molecule has 2 aromatic carbocycles. The lowest BCUT2D eigenvalue weighted by molar-refractivity contribution is -0.125. The van der Waals surface area contributed by atoms with Crippen LogP contribution in [-0.2, 0) is 24.3 Å². The van der Waals surface area contributed by atoms with E-state index in [1.54, 1.807) is 41.3 Å². The van der Waals surface area contributed by atoms with Crippen LogP contribution >= 0.6 is 0 Å². The maximum absolute atomic E-state index is 12.4. The fraction of sp³-hybridized carbons (Fsp3) is 0.333. The zero-order chi connectivity index (χ0) is 22.0. The molecule has 164 valence electrons. The van der Waals surface area contributed by atoms with Crippen LogP contribution in [0.15, 0.2) is 53.4 Å². The molecular weight excluding hydrogens is 422 g/mol. The quantitative estimate of drug-likeness (QED) is 0.725. The van der Waals surface area contributed by atoms with E-state index in [1.807, 2.05) is 6.92 Å². The van der Waals surface area contributed by atoms with E-state index in [-0.39, 0.29) is 30.5 Å². The molecule has 2 aliphatic rings. The zero-order valence-corrected chi connectivity index (χ0v) is 17.8. The monoisotopic (exact) mass is 445 g/mol. The minimum atomic E-state index is -3.69. The van der Waals surface area contributed by atoms with Gasteiger partial charge in [-0.25, -0.2) is 17.9 Å². The molecule has 2 aromatic rings. The van der Waals surface area contributed by atoms with Gasteiger partial charge in [0.05, 0.1) is 18.0 Å². The van der Waals surface area contributed by atoms with E-state index in [0.717, 1.165) is 11.3 Å². The lowest BCUT2D eigenvalue weighted by Gasteiger charge is -2.27. The van der Waals surface area contributed by atoms with Crippen LogP contribution in [0.4, 0.5) is 16.2 Å². The minimum absolute atomic E-state index is 0.0290. The van der Waals surface area contributed by atoms with E-state index in [4.69, 9.17) is 9.47 Å². The molecule has 31 heavy (non-hydrogen) atoms. The summed E-state index contributed by atoms with van der Waals surface area (Å²) in [5, 5.41) is 0. The molecule has 0 aromatic heterocycles. The third-order valence-corrected chi connectivity index (χ3v) is 6.60. The van der Waals surface area contributed by atoms with Crippen molar-refractivity contribution in [2.75, 3.05) is 42.6 Å². The Labute approximate surface area is 180 Å². The molecule has 0 spiro atoms. The maximum atomic E-state index is 12.4. The van der Waals surface area contributed by atoms with Crippen molar-refractivity contribution in [2.45, 2.75) is 17.9 Å². The predicted octanol–water partition coefficient (Wildman–Crippen LogP) is 1.66. The summed E-state index contributed by atoms with van der Waals surface area (Å²) >= 11 is 0. The Morgan fingerprint density at radius 2 is 1.65 bits per heavy atom. The van der Waals surface area contributed by atoms with E-state index in [0.29, 0.717) is 18.8 Å². The second-order valence-electron chi connectivity index (χ2n) is 7.40. The van der Waals surface area contributed by atoms with Gasteiger partial charge in [-0.3, -0.25) is 9.69 Å². The molecule has 0 radical (unpaired) electrons. The Balaban J connectivity index is 1.38. The van der Waals surface area contributed by atoms with Crippen molar-refractivity contribution >= 4 is 33.4 Å². The van der Waals surface area contributed by atoms with Crippen molar-refractivity contribution in [1.82, 2.24) is 4.72 Å². The molecule has 0 unspecified atom stereocenters. The number of morpholine rings is 1. The van der Waals surface area contributed by atoms with Crippen molar-refractivity contribution < 1.29 is 27.5 Å². The molecule has 0 bridgehead atoms. The molecule has 4 rings (SSSR count). The van der Waals surface area contributed by atoms with Crippen LogP contribution < -0.4 is 14.5 Å². The van der Waals surface area contributed by atoms with Crippen LogP contribution in [0, 0.1) is 6.92 Å². The van der Waals surface area contributed by atoms with Gasteiger partial charge in [0.25, 0.3) is 5.91 Å². The third-order valence-electron chi connectivity index (χ3n) is 5.17. The Morgan fingerprint density at radius 1 is 1.00 bits per heavy atom. The predicted molar refractivity (Wildman–Crippen MR) is 114 cm³/mol. The smallest absolute Gasteiger partial charge is 0.414 e. The number of nitrogens with zero attached hydrogens (tertiary/aromatic N) is 2. The van der Waals surface area contributed by atoms with Gasteiger partial charge in [-0.05, 0) is 43.3 Å². The maximum Gasteiger partial charge on any atom is 0.414 e. The number of aryl methyl sites for hydroxylation is 1. The number of amides is 2. The number of cyclic esters (lactones) is 1. The van der Waals surface area contributed by atoms with Crippen molar-refractivity contribution in [3.05, 3.63) is 54.1 Å². The van der Waals surface area contributed by atoms with Gasteiger partial charge in [0.2, 0.25) is 10.0 Å². The summed E-state index contributed by atoms with van der Waals surface area (Å²) in [4.78, 5) is 27.5. The van der Waals surface area contributed by atoms with Crippen molar-refractivity contribution in [3.63, 3.8) is 0 Å². The van der Waals surface area contributed by atoms with Gasteiger partial charge in [-0.2, -0.15) is 0 Å². The lowest BCUT2D eigenvalue weighted by atomic mass is 10.2. The molecule has 10 heteroatoms. The molecule has 0 aliphatic carbocycles. The number of sulfonamides is 1. The molecule has 2 aliphatic heterocycles. The second kappa shape index (κ2) is 8.66. The Kier molecular flexibility index (Phi) is 5.94. The van der Waals surface area contributed by atoms with E-state index in [2.05, 4.69) is 4.72 Å². The summed E-state index contributed by atoms with van der Waals surface area (Å²) in [5.41, 5.74) is 2.30. The van der Waals surface area contributed by atoms with Crippen molar-refractivity contribution in [1.29, 1.82) is 0 Å². The van der Waals surface area contributed by atoms with Gasteiger partial charge in [0.15, 0.2) is 0 Å². The first kappa shape index (κ1) is 21.3. The molecule has 2 saturated heterocycles. The van der Waals surface area contributed by atoms with Crippen molar-refractivity contribution in [3.8, 4) is 0 Å². The van der Waals surface area contributed by atoms with Gasteiger partial charge in [-0.1, -0.05) is 17.7 Å². The first-order valence-corrected chi connectivity index (χ1v) is 11.3. The van der Waals surface area contributed by atoms with Gasteiger partial charge >= 0.3 is 6.09 Å². The topological polar surface area (TPSA) is 105 Å². The Morgan fingerprint density at radius 3 is 2.29 bits per heavy atom. The van der Waals surface area contributed by atoms with Crippen molar-refractivity contribution in [2.24, 2.45) is 0 Å². The largest absolute Gasteiger partial charge is 0.443 e. The Hall–Kier alpha value is -2.95. The summed E-state index contributed by atoms with van der Waals surface area (Å²) in [7, 11) is -3.69. The number of carbonyl (C=O) groups excluding carboxylic acids is 2. The van der Waals surface area contributed by atoms with Crippen LogP contribution in [0.25, 0.3) is 0 Å². The highest BCUT2D eigenvalue weighted by Gasteiger charge is 2.33. The molecular formula is C21H23N3O6S. The van der Waals surface area contributed by atoms with E-state index >= 15 is 0 Å². The van der Waals surface area contributed by atoms with Crippen LogP contribution in [0.5, 0.6) is 0 Å². The van der Waals surface area contributed by atoms with E-state index < -0.39 is 22.2 Å². The van der Waals surface area contributed by atoms with Crippen LogP contribution in [0.3, 0.4) is 0 Å². The fourth-order valence-electron chi connectivity index (χ4n) is 3.45. The SMILES string of the molecule is Cc1ccc(S(=O)(=O)NC[C@H]2CN(c3ccc(N4CCOCC4=O)cc3)C(=O)O2)cc1. The van der Waals surface area contributed by atoms with Gasteiger partial charge in [0, 0.05) is 24.5 Å². The van der Waals surface area contributed by atoms with Gasteiger partial charge in [-0.15, -0.1) is 0 Å².